The van der Waals surface area contributed by atoms with E-state index in [-0.39, 0.29) is 4.58 Å². The predicted octanol–water partition coefficient (Wildman–Crippen LogP) is 5.54. The first-order valence-corrected chi connectivity index (χ1v) is 10.6. The van der Waals surface area contributed by atoms with Gasteiger partial charge in [0.15, 0.2) is 11.0 Å². The maximum absolute atomic E-state index is 12.4. The van der Waals surface area contributed by atoms with Crippen molar-refractivity contribution in [3.63, 3.8) is 0 Å². The second kappa shape index (κ2) is 8.42. The van der Waals surface area contributed by atoms with Gasteiger partial charge in [-0.25, -0.2) is 4.21 Å². The van der Waals surface area contributed by atoms with Gasteiger partial charge in [-0.15, -0.1) is 11.8 Å². The van der Waals surface area contributed by atoms with Crippen molar-refractivity contribution >= 4 is 50.4 Å². The fourth-order valence-electron chi connectivity index (χ4n) is 1.94. The Bertz CT molecular complexity index is 704. The van der Waals surface area contributed by atoms with Crippen molar-refractivity contribution in [3.8, 4) is 0 Å². The van der Waals surface area contributed by atoms with Crippen LogP contribution < -0.4 is 4.72 Å². The lowest BCUT2D eigenvalue weighted by Gasteiger charge is -2.21. The molecule has 0 amide bonds. The van der Waals surface area contributed by atoms with E-state index >= 15 is 0 Å². The van der Waals surface area contributed by atoms with E-state index in [0.29, 0.717) is 5.70 Å². The lowest BCUT2D eigenvalue weighted by molar-refractivity contribution is 0.684. The SMILES string of the molecule is C=CC(=C)NS(=O)C1=CC(Br)=CC(Sc2c(C)cccc2C)S1. The highest BCUT2D eigenvalue weighted by Gasteiger charge is 2.21. The molecule has 6 heteroatoms. The van der Waals surface area contributed by atoms with Crippen LogP contribution in [0.4, 0.5) is 0 Å². The van der Waals surface area contributed by atoms with Gasteiger partial charge in [-0.05, 0) is 43.2 Å². The zero-order valence-corrected chi connectivity index (χ0v) is 17.0. The molecule has 0 saturated carbocycles. The highest BCUT2D eigenvalue weighted by atomic mass is 79.9. The van der Waals surface area contributed by atoms with E-state index in [1.807, 2.05) is 6.08 Å². The molecule has 122 valence electrons. The van der Waals surface area contributed by atoms with Crippen molar-refractivity contribution in [2.24, 2.45) is 0 Å². The normalized spacial score (nSPS) is 18.7. The number of nitrogens with one attached hydrogen (secondary N) is 1. The van der Waals surface area contributed by atoms with E-state index in [1.165, 1.54) is 16.0 Å². The largest absolute Gasteiger partial charge is 0.301 e. The van der Waals surface area contributed by atoms with Crippen molar-refractivity contribution < 1.29 is 4.21 Å². The van der Waals surface area contributed by atoms with Gasteiger partial charge in [-0.3, -0.25) is 0 Å². The maximum Gasteiger partial charge on any atom is 0.156 e. The lowest BCUT2D eigenvalue weighted by Crippen LogP contribution is -2.17. The van der Waals surface area contributed by atoms with E-state index in [0.717, 1.165) is 8.72 Å². The van der Waals surface area contributed by atoms with Gasteiger partial charge >= 0.3 is 0 Å². The molecule has 1 N–H and O–H groups in total. The summed E-state index contributed by atoms with van der Waals surface area (Å²) in [4.78, 5) is 1.28. The standard InChI is InChI=1S/C17H18BrNOS3/c1-5-13(4)19-23(20)16-10-14(18)9-15(21-16)22-17-11(2)7-6-8-12(17)3/h5-10,15,19H,1,4H2,2-3H3. The number of hydrogen-bond acceptors (Lipinski definition) is 3. The third-order valence-electron chi connectivity index (χ3n) is 3.08. The molecule has 0 aliphatic carbocycles. The zero-order valence-electron chi connectivity index (χ0n) is 13.0. The van der Waals surface area contributed by atoms with Crippen LogP contribution in [-0.2, 0) is 11.0 Å². The molecular weight excluding hydrogens is 410 g/mol. The molecule has 0 spiro atoms. The van der Waals surface area contributed by atoms with Crippen LogP contribution in [0.3, 0.4) is 0 Å². The van der Waals surface area contributed by atoms with Crippen LogP contribution in [-0.4, -0.2) is 8.79 Å². The monoisotopic (exact) mass is 427 g/mol. The van der Waals surface area contributed by atoms with E-state index in [9.17, 15) is 4.21 Å². The summed E-state index contributed by atoms with van der Waals surface area (Å²) in [6, 6.07) is 6.30. The molecular formula is C17H18BrNOS3. The van der Waals surface area contributed by atoms with Gasteiger partial charge in [0.25, 0.3) is 0 Å². The first-order valence-electron chi connectivity index (χ1n) is 6.89. The Kier molecular flexibility index (Phi) is 6.83. The van der Waals surface area contributed by atoms with Gasteiger partial charge in [0.1, 0.15) is 0 Å². The Balaban J connectivity index is 2.15. The third-order valence-corrected chi connectivity index (χ3v) is 7.79. The summed E-state index contributed by atoms with van der Waals surface area (Å²) < 4.78 is 17.1. The van der Waals surface area contributed by atoms with Crippen LogP contribution in [0.2, 0.25) is 0 Å². The van der Waals surface area contributed by atoms with Gasteiger partial charge < -0.3 is 4.72 Å². The van der Waals surface area contributed by atoms with Crippen LogP contribution in [0.5, 0.6) is 0 Å². The quantitative estimate of drug-likeness (QED) is 0.603. The Morgan fingerprint density at radius 2 is 2.09 bits per heavy atom. The van der Waals surface area contributed by atoms with Crippen LogP contribution in [0, 0.1) is 13.8 Å². The average molecular weight is 428 g/mol. The molecule has 0 bridgehead atoms. The summed E-state index contributed by atoms with van der Waals surface area (Å²) in [6.07, 6.45) is 5.57. The maximum atomic E-state index is 12.4. The summed E-state index contributed by atoms with van der Waals surface area (Å²) >= 11 is 6.89. The van der Waals surface area contributed by atoms with Gasteiger partial charge in [0, 0.05) is 15.1 Å². The second-order valence-corrected chi connectivity index (χ2v) is 9.93. The number of benzene rings is 1. The van der Waals surface area contributed by atoms with Crippen molar-refractivity contribution in [1.82, 2.24) is 4.72 Å². The molecule has 0 fully saturated rings. The Hall–Kier alpha value is -0.690. The first kappa shape index (κ1) is 18.6. The number of aryl methyl sites for hydroxylation is 2. The molecule has 2 rings (SSSR count). The molecule has 0 saturated heterocycles. The zero-order chi connectivity index (χ0) is 17.0. The van der Waals surface area contributed by atoms with E-state index in [4.69, 9.17) is 0 Å². The Labute approximate surface area is 157 Å². The summed E-state index contributed by atoms with van der Waals surface area (Å²) in [5.74, 6) is 0. The molecule has 1 aliphatic heterocycles. The minimum Gasteiger partial charge on any atom is -0.301 e. The molecule has 2 unspecified atom stereocenters. The molecule has 0 aromatic heterocycles. The summed E-state index contributed by atoms with van der Waals surface area (Å²) in [7, 11) is -1.33. The molecule has 2 atom stereocenters. The van der Waals surface area contributed by atoms with Crippen molar-refractivity contribution in [1.29, 1.82) is 0 Å². The predicted molar refractivity (Wildman–Crippen MR) is 109 cm³/mol. The molecule has 2 nitrogen and oxygen atoms in total. The van der Waals surface area contributed by atoms with Gasteiger partial charge in [0.05, 0.1) is 8.82 Å². The molecule has 23 heavy (non-hydrogen) atoms. The van der Waals surface area contributed by atoms with Crippen molar-refractivity contribution in [2.75, 3.05) is 0 Å². The van der Waals surface area contributed by atoms with Crippen molar-refractivity contribution in [2.45, 2.75) is 23.3 Å². The van der Waals surface area contributed by atoms with Gasteiger partial charge in [0.2, 0.25) is 0 Å². The van der Waals surface area contributed by atoms with E-state index in [1.54, 1.807) is 29.6 Å². The van der Waals surface area contributed by atoms with Crippen LogP contribution in [0.15, 0.2) is 68.9 Å². The van der Waals surface area contributed by atoms with E-state index in [2.05, 4.69) is 71.9 Å². The van der Waals surface area contributed by atoms with Crippen molar-refractivity contribution in [3.05, 3.63) is 75.1 Å². The van der Waals surface area contributed by atoms with E-state index < -0.39 is 11.0 Å². The highest BCUT2D eigenvalue weighted by molar-refractivity contribution is 9.11. The number of hydrogen-bond donors (Lipinski definition) is 1. The second-order valence-electron chi connectivity index (χ2n) is 4.94. The molecule has 0 radical (unpaired) electrons. The molecule has 1 aromatic rings. The van der Waals surface area contributed by atoms with Gasteiger partial charge in [-0.1, -0.05) is 59.0 Å². The number of allylic oxidation sites excluding steroid dienone is 3. The Morgan fingerprint density at radius 1 is 1.43 bits per heavy atom. The third kappa shape index (κ3) is 5.14. The molecule has 1 heterocycles. The summed E-state index contributed by atoms with van der Waals surface area (Å²) in [5, 5.41) is 0. The number of rotatable bonds is 6. The highest BCUT2D eigenvalue weighted by Crippen LogP contribution is 2.43. The van der Waals surface area contributed by atoms with Crippen LogP contribution in [0.25, 0.3) is 0 Å². The first-order chi connectivity index (χ1) is 10.9. The number of thioether (sulfide) groups is 2. The van der Waals surface area contributed by atoms with Gasteiger partial charge in [-0.2, -0.15) is 0 Å². The fourth-order valence-corrected chi connectivity index (χ4v) is 7.10. The minimum atomic E-state index is -1.33. The number of halogens is 1. The lowest BCUT2D eigenvalue weighted by atomic mass is 10.2. The molecule has 1 aliphatic rings. The average Bonchev–Trinajstić information content (AvgIpc) is 2.50. The summed E-state index contributed by atoms with van der Waals surface area (Å²) in [6.45, 7) is 11.6. The smallest absolute Gasteiger partial charge is 0.156 e. The Morgan fingerprint density at radius 3 is 2.70 bits per heavy atom. The summed E-state index contributed by atoms with van der Waals surface area (Å²) in [5.41, 5.74) is 3.07. The topological polar surface area (TPSA) is 29.1 Å². The molecule has 1 aromatic carbocycles. The minimum absolute atomic E-state index is 0.159. The van der Waals surface area contributed by atoms with Crippen LogP contribution in [0.1, 0.15) is 11.1 Å². The van der Waals surface area contributed by atoms with Crippen LogP contribution >= 0.6 is 39.5 Å². The fraction of sp³-hybridized carbons (Fsp3) is 0.176.